The van der Waals surface area contributed by atoms with Gasteiger partial charge in [0.2, 0.25) is 5.56 Å². The number of aromatic nitrogens is 1. The first-order chi connectivity index (χ1) is 9.77. The van der Waals surface area contributed by atoms with Crippen LogP contribution in [-0.4, -0.2) is 10.9 Å². The minimum absolute atomic E-state index is 0.0469. The zero-order valence-electron chi connectivity index (χ0n) is 10.3. The molecule has 21 heavy (non-hydrogen) atoms. The molecule has 0 aliphatic heterocycles. The minimum atomic E-state index is -4.60. The fourth-order valence-corrected chi connectivity index (χ4v) is 1.97. The average Bonchev–Trinajstić information content (AvgIpc) is 2.40. The molecule has 1 amide bonds. The largest absolute Gasteiger partial charge is 0.418 e. The molecular formula is C13H8BrF3N2O2. The Balaban J connectivity index is 2.33. The first kappa shape index (κ1) is 15.3. The van der Waals surface area contributed by atoms with Crippen molar-refractivity contribution >= 4 is 27.5 Å². The Hall–Kier alpha value is -2.09. The molecule has 4 nitrogen and oxygen atoms in total. The van der Waals surface area contributed by atoms with Crippen LogP contribution in [-0.2, 0) is 6.18 Å². The summed E-state index contributed by atoms with van der Waals surface area (Å²) in [4.78, 5) is 25.0. The number of hydrogen-bond donors (Lipinski definition) is 2. The number of carbonyl (C=O) groups is 1. The quantitative estimate of drug-likeness (QED) is 0.861. The number of anilines is 1. The number of aromatic amines is 1. The fourth-order valence-electron chi connectivity index (χ4n) is 1.61. The van der Waals surface area contributed by atoms with Crippen molar-refractivity contribution in [2.45, 2.75) is 6.18 Å². The van der Waals surface area contributed by atoms with E-state index in [1.807, 2.05) is 0 Å². The maximum atomic E-state index is 12.9. The highest BCUT2D eigenvalue weighted by Gasteiger charge is 2.34. The van der Waals surface area contributed by atoms with E-state index in [9.17, 15) is 22.8 Å². The predicted molar refractivity (Wildman–Crippen MR) is 74.2 cm³/mol. The molecule has 1 heterocycles. The lowest BCUT2D eigenvalue weighted by atomic mass is 10.1. The van der Waals surface area contributed by atoms with Crippen molar-refractivity contribution in [3.05, 3.63) is 62.5 Å². The van der Waals surface area contributed by atoms with Gasteiger partial charge in [-0.25, -0.2) is 0 Å². The Labute approximate surface area is 125 Å². The molecule has 0 saturated carbocycles. The van der Waals surface area contributed by atoms with Gasteiger partial charge in [0.05, 0.1) is 16.8 Å². The van der Waals surface area contributed by atoms with Gasteiger partial charge in [0.15, 0.2) is 0 Å². The van der Waals surface area contributed by atoms with Crippen LogP contribution in [0.5, 0.6) is 0 Å². The SMILES string of the molecule is O=C(Nc1ccc(Br)cc1C(F)(F)F)c1ccc(=O)[nH]c1. The molecule has 2 aromatic rings. The van der Waals surface area contributed by atoms with Crippen molar-refractivity contribution in [1.82, 2.24) is 4.98 Å². The molecule has 2 rings (SSSR count). The van der Waals surface area contributed by atoms with Gasteiger partial charge in [-0.1, -0.05) is 15.9 Å². The van der Waals surface area contributed by atoms with Crippen LogP contribution in [0.1, 0.15) is 15.9 Å². The maximum absolute atomic E-state index is 12.9. The van der Waals surface area contributed by atoms with E-state index >= 15 is 0 Å². The third-order valence-corrected chi connectivity index (χ3v) is 3.07. The second kappa shape index (κ2) is 5.72. The van der Waals surface area contributed by atoms with Gasteiger partial charge in [-0.05, 0) is 24.3 Å². The molecule has 0 atom stereocenters. The number of rotatable bonds is 2. The van der Waals surface area contributed by atoms with Gasteiger partial charge in [0, 0.05) is 16.7 Å². The Bertz CT molecular complexity index is 720. The normalized spacial score (nSPS) is 11.2. The summed E-state index contributed by atoms with van der Waals surface area (Å²) in [6.07, 6.45) is -3.47. The van der Waals surface area contributed by atoms with Crippen molar-refractivity contribution < 1.29 is 18.0 Å². The van der Waals surface area contributed by atoms with Crippen LogP contribution in [0.25, 0.3) is 0 Å². The van der Waals surface area contributed by atoms with Crippen LogP contribution < -0.4 is 10.9 Å². The topological polar surface area (TPSA) is 62.0 Å². The first-order valence-electron chi connectivity index (χ1n) is 5.64. The Morgan fingerprint density at radius 3 is 2.48 bits per heavy atom. The lowest BCUT2D eigenvalue weighted by Gasteiger charge is -2.14. The summed E-state index contributed by atoms with van der Waals surface area (Å²) < 4.78 is 39.0. The third-order valence-electron chi connectivity index (χ3n) is 2.58. The molecule has 0 unspecified atom stereocenters. The Morgan fingerprint density at radius 1 is 1.19 bits per heavy atom. The van der Waals surface area contributed by atoms with Gasteiger partial charge in [-0.15, -0.1) is 0 Å². The molecule has 1 aromatic heterocycles. The number of alkyl halides is 3. The average molecular weight is 361 g/mol. The number of pyridine rings is 1. The maximum Gasteiger partial charge on any atom is 0.418 e. The number of amides is 1. The fraction of sp³-hybridized carbons (Fsp3) is 0.0769. The first-order valence-corrected chi connectivity index (χ1v) is 6.43. The summed E-state index contributed by atoms with van der Waals surface area (Å²) in [5.41, 5.74) is -1.69. The number of H-pyrrole nitrogens is 1. The van der Waals surface area contributed by atoms with Crippen LogP contribution in [0.15, 0.2) is 45.8 Å². The Morgan fingerprint density at radius 2 is 1.90 bits per heavy atom. The monoisotopic (exact) mass is 360 g/mol. The lowest BCUT2D eigenvalue weighted by Crippen LogP contribution is -2.18. The molecule has 8 heteroatoms. The second-order valence-corrected chi connectivity index (χ2v) is 5.00. The smallest absolute Gasteiger partial charge is 0.328 e. The molecule has 110 valence electrons. The van der Waals surface area contributed by atoms with Crippen LogP contribution in [0.4, 0.5) is 18.9 Å². The van der Waals surface area contributed by atoms with E-state index < -0.39 is 23.2 Å². The number of benzene rings is 1. The van der Waals surface area contributed by atoms with E-state index in [4.69, 9.17) is 0 Å². The van der Waals surface area contributed by atoms with Gasteiger partial charge in [0.25, 0.3) is 5.91 Å². The van der Waals surface area contributed by atoms with E-state index in [1.54, 1.807) is 0 Å². The van der Waals surface area contributed by atoms with Crippen molar-refractivity contribution in [2.24, 2.45) is 0 Å². The van der Waals surface area contributed by atoms with E-state index in [1.165, 1.54) is 12.1 Å². The standard InChI is InChI=1S/C13H8BrF3N2O2/c14-8-2-3-10(9(5-8)13(15,16)17)19-12(21)7-1-4-11(20)18-6-7/h1-6H,(H,18,20)(H,19,21). The molecule has 1 aromatic carbocycles. The number of hydrogen-bond acceptors (Lipinski definition) is 2. The van der Waals surface area contributed by atoms with Crippen LogP contribution in [0.3, 0.4) is 0 Å². The zero-order valence-corrected chi connectivity index (χ0v) is 11.9. The van der Waals surface area contributed by atoms with E-state index in [0.29, 0.717) is 0 Å². The number of nitrogens with one attached hydrogen (secondary N) is 2. The highest BCUT2D eigenvalue weighted by atomic mass is 79.9. The van der Waals surface area contributed by atoms with Crippen LogP contribution in [0.2, 0.25) is 0 Å². The van der Waals surface area contributed by atoms with Crippen molar-refractivity contribution in [1.29, 1.82) is 0 Å². The van der Waals surface area contributed by atoms with E-state index in [0.717, 1.165) is 24.4 Å². The number of carbonyl (C=O) groups excluding carboxylic acids is 1. The van der Waals surface area contributed by atoms with Gasteiger partial charge in [0.1, 0.15) is 0 Å². The second-order valence-electron chi connectivity index (χ2n) is 4.08. The van der Waals surface area contributed by atoms with Gasteiger partial charge in [-0.3, -0.25) is 9.59 Å². The van der Waals surface area contributed by atoms with Crippen LogP contribution in [0, 0.1) is 0 Å². The predicted octanol–water partition coefficient (Wildman–Crippen LogP) is 3.41. The highest BCUT2D eigenvalue weighted by molar-refractivity contribution is 9.10. The summed E-state index contributed by atoms with van der Waals surface area (Å²) >= 11 is 2.96. The summed E-state index contributed by atoms with van der Waals surface area (Å²) in [7, 11) is 0. The lowest BCUT2D eigenvalue weighted by molar-refractivity contribution is -0.136. The summed E-state index contributed by atoms with van der Waals surface area (Å²) in [5.74, 6) is -0.751. The highest BCUT2D eigenvalue weighted by Crippen LogP contribution is 2.36. The molecular weight excluding hydrogens is 353 g/mol. The van der Waals surface area contributed by atoms with Crippen LogP contribution >= 0.6 is 15.9 Å². The Kier molecular flexibility index (Phi) is 4.17. The molecule has 2 N–H and O–H groups in total. The van der Waals surface area contributed by atoms with Gasteiger partial charge < -0.3 is 10.3 Å². The van der Waals surface area contributed by atoms with Crippen molar-refractivity contribution in [2.75, 3.05) is 5.32 Å². The third kappa shape index (κ3) is 3.72. The molecule has 0 spiro atoms. The minimum Gasteiger partial charge on any atom is -0.328 e. The molecule has 0 saturated heterocycles. The van der Waals surface area contributed by atoms with E-state index in [-0.39, 0.29) is 15.7 Å². The summed E-state index contributed by atoms with van der Waals surface area (Å²) in [5, 5.41) is 2.18. The van der Waals surface area contributed by atoms with E-state index in [2.05, 4.69) is 26.2 Å². The zero-order chi connectivity index (χ0) is 15.6. The van der Waals surface area contributed by atoms with Gasteiger partial charge >= 0.3 is 6.18 Å². The molecule has 0 fully saturated rings. The molecule has 0 aliphatic carbocycles. The summed E-state index contributed by atoms with van der Waals surface area (Å²) in [6.45, 7) is 0. The summed E-state index contributed by atoms with van der Waals surface area (Å²) in [6, 6.07) is 5.75. The van der Waals surface area contributed by atoms with Gasteiger partial charge in [-0.2, -0.15) is 13.2 Å². The van der Waals surface area contributed by atoms with Crippen molar-refractivity contribution in [3.63, 3.8) is 0 Å². The molecule has 0 bridgehead atoms. The van der Waals surface area contributed by atoms with Crippen molar-refractivity contribution in [3.8, 4) is 0 Å². The molecule has 0 radical (unpaired) electrons. The number of halogens is 4. The molecule has 0 aliphatic rings.